The van der Waals surface area contributed by atoms with Crippen LogP contribution in [-0.4, -0.2) is 62.3 Å². The van der Waals surface area contributed by atoms with Crippen LogP contribution in [0.1, 0.15) is 36.0 Å². The van der Waals surface area contributed by atoms with Crippen molar-refractivity contribution >= 4 is 63.1 Å². The number of aliphatic carboxylic acids is 1. The van der Waals surface area contributed by atoms with Gasteiger partial charge in [0.2, 0.25) is 5.51 Å². The molecule has 3 aliphatic rings. The van der Waals surface area contributed by atoms with E-state index in [2.05, 4.69) is 20.0 Å². The Labute approximate surface area is 219 Å². The lowest BCUT2D eigenvalue weighted by Gasteiger charge is -2.49. The number of β-lactam (4-membered cyclic amide) rings is 1. The number of aryl methyl sites for hydroxylation is 1. The highest BCUT2D eigenvalue weighted by atomic mass is 32.2. The summed E-state index contributed by atoms with van der Waals surface area (Å²) in [5.74, 6) is -1.81. The summed E-state index contributed by atoms with van der Waals surface area (Å²) in [4.78, 5) is 50.1. The number of fused-ring (bicyclic) bond motifs is 2. The highest BCUT2D eigenvalue weighted by molar-refractivity contribution is 8.00. The molecule has 2 aliphatic heterocycles. The van der Waals surface area contributed by atoms with Crippen molar-refractivity contribution in [2.45, 2.75) is 50.6 Å². The van der Waals surface area contributed by atoms with Crippen LogP contribution in [-0.2, 0) is 38.6 Å². The molecule has 190 valence electrons. The van der Waals surface area contributed by atoms with E-state index in [0.29, 0.717) is 17.9 Å². The Kier molecular flexibility index (Phi) is 6.99. The summed E-state index contributed by atoms with van der Waals surface area (Å²) in [6, 6.07) is -0.886. The fraction of sp³-hybridized carbons (Fsp3) is 0.455. The van der Waals surface area contributed by atoms with E-state index < -0.39 is 29.2 Å². The quantitative estimate of drug-likeness (QED) is 0.192. The molecule has 0 radical (unpaired) electrons. The van der Waals surface area contributed by atoms with Gasteiger partial charge in [0.1, 0.15) is 29.4 Å². The molecule has 36 heavy (non-hydrogen) atoms. The second kappa shape index (κ2) is 10.2. The van der Waals surface area contributed by atoms with Crippen molar-refractivity contribution < 1.29 is 28.9 Å². The summed E-state index contributed by atoms with van der Waals surface area (Å²) in [7, 11) is 0. The van der Waals surface area contributed by atoms with Crippen molar-refractivity contribution in [1.29, 1.82) is 0 Å². The van der Waals surface area contributed by atoms with Crippen LogP contribution in [0.4, 0.5) is 5.13 Å². The van der Waals surface area contributed by atoms with Crippen molar-refractivity contribution in [2.24, 2.45) is 5.16 Å². The molecule has 1 saturated heterocycles. The first-order valence-electron chi connectivity index (χ1n) is 11.5. The van der Waals surface area contributed by atoms with Crippen molar-refractivity contribution in [1.82, 2.24) is 15.2 Å². The number of carbonyl (C=O) groups is 3. The SMILES string of the molecule is CCO/N=C(\C(=O)N[C@@H]1C(=O)N2C(C(=O)O)=C(C[n+]3csc4c3CCCC4)CS[C@H]12)c1csc(N)n1. The average Bonchev–Trinajstić information content (AvgIpc) is 3.48. The number of amides is 2. The van der Waals surface area contributed by atoms with Gasteiger partial charge in [0, 0.05) is 23.1 Å². The monoisotopic (exact) mass is 549 g/mol. The van der Waals surface area contributed by atoms with E-state index in [4.69, 9.17) is 10.6 Å². The predicted molar refractivity (Wildman–Crippen MR) is 136 cm³/mol. The van der Waals surface area contributed by atoms with Crippen LogP contribution in [0, 0.1) is 0 Å². The van der Waals surface area contributed by atoms with Gasteiger partial charge in [-0.05, 0) is 26.2 Å². The van der Waals surface area contributed by atoms with Crippen molar-refractivity contribution in [3.05, 3.63) is 38.4 Å². The number of nitrogen functional groups attached to an aromatic ring is 1. The number of thiazole rings is 2. The lowest BCUT2D eigenvalue weighted by atomic mass is 10.0. The number of aromatic nitrogens is 2. The van der Waals surface area contributed by atoms with Gasteiger partial charge in [0.15, 0.2) is 23.1 Å². The molecule has 5 rings (SSSR count). The molecule has 2 amide bonds. The molecular formula is C22H25N6O5S3+. The zero-order chi connectivity index (χ0) is 25.4. The topological polar surface area (TPSA) is 151 Å². The Morgan fingerprint density at radius 3 is 2.89 bits per heavy atom. The molecule has 14 heteroatoms. The van der Waals surface area contributed by atoms with E-state index >= 15 is 0 Å². The summed E-state index contributed by atoms with van der Waals surface area (Å²) < 4.78 is 2.12. The number of carboxylic acid groups (broad SMARTS) is 1. The van der Waals surface area contributed by atoms with Gasteiger partial charge < -0.3 is 21.0 Å². The van der Waals surface area contributed by atoms with E-state index in [1.807, 2.05) is 5.51 Å². The number of hydrogen-bond donors (Lipinski definition) is 3. The van der Waals surface area contributed by atoms with Gasteiger partial charge in [-0.15, -0.1) is 23.1 Å². The Balaban J connectivity index is 1.35. The van der Waals surface area contributed by atoms with E-state index in [1.54, 1.807) is 23.6 Å². The molecule has 11 nitrogen and oxygen atoms in total. The van der Waals surface area contributed by atoms with E-state index in [9.17, 15) is 19.5 Å². The Morgan fingerprint density at radius 1 is 1.36 bits per heavy atom. The maximum atomic E-state index is 13.1. The van der Waals surface area contributed by atoms with Crippen LogP contribution in [0.15, 0.2) is 27.3 Å². The molecule has 0 saturated carbocycles. The van der Waals surface area contributed by atoms with Gasteiger partial charge in [-0.25, -0.2) is 9.78 Å². The molecule has 2 aromatic heterocycles. The summed E-state index contributed by atoms with van der Waals surface area (Å²) in [5, 5.41) is 17.9. The van der Waals surface area contributed by atoms with Gasteiger partial charge in [-0.2, -0.15) is 4.57 Å². The number of nitrogens with zero attached hydrogens (tertiary/aromatic N) is 4. The van der Waals surface area contributed by atoms with Crippen molar-refractivity contribution in [3.8, 4) is 0 Å². The normalized spacial score (nSPS) is 21.5. The zero-order valence-electron chi connectivity index (χ0n) is 19.4. The number of carbonyl (C=O) groups excluding carboxylic acids is 2. The number of hydrogen-bond acceptors (Lipinski definition) is 10. The smallest absolute Gasteiger partial charge is 0.352 e. The predicted octanol–water partition coefficient (Wildman–Crippen LogP) is 1.13. The second-order valence-electron chi connectivity index (χ2n) is 8.48. The van der Waals surface area contributed by atoms with Crippen LogP contribution in [0.5, 0.6) is 0 Å². The lowest BCUT2D eigenvalue weighted by Crippen LogP contribution is -2.71. The van der Waals surface area contributed by atoms with Crippen molar-refractivity contribution in [3.63, 3.8) is 0 Å². The summed E-state index contributed by atoms with van der Waals surface area (Å²) in [6.45, 7) is 2.40. The van der Waals surface area contributed by atoms with Crippen molar-refractivity contribution in [2.75, 3.05) is 18.1 Å². The molecular weight excluding hydrogens is 524 g/mol. The Morgan fingerprint density at radius 2 is 2.17 bits per heavy atom. The van der Waals surface area contributed by atoms with Crippen LogP contribution < -0.4 is 15.6 Å². The van der Waals surface area contributed by atoms with Gasteiger partial charge in [-0.3, -0.25) is 14.5 Å². The van der Waals surface area contributed by atoms with Crippen LogP contribution in [0.2, 0.25) is 0 Å². The number of nitrogens with two attached hydrogens (primary N) is 1. The minimum absolute atomic E-state index is 0.00740. The van der Waals surface area contributed by atoms with Gasteiger partial charge >= 0.3 is 5.97 Å². The fourth-order valence-corrected chi connectivity index (χ4v) is 7.52. The van der Waals surface area contributed by atoms with Gasteiger partial charge in [0.05, 0.1) is 4.88 Å². The molecule has 0 spiro atoms. The molecule has 4 heterocycles. The number of nitrogens with one attached hydrogen (secondary N) is 1. The number of anilines is 1. The van der Waals surface area contributed by atoms with Crippen LogP contribution in [0.3, 0.4) is 0 Å². The van der Waals surface area contributed by atoms with E-state index in [0.717, 1.165) is 30.6 Å². The van der Waals surface area contributed by atoms with E-state index in [-0.39, 0.29) is 28.8 Å². The third-order valence-electron chi connectivity index (χ3n) is 6.22. The summed E-state index contributed by atoms with van der Waals surface area (Å²) >= 11 is 4.30. The highest BCUT2D eigenvalue weighted by Crippen LogP contribution is 2.40. The zero-order valence-corrected chi connectivity index (χ0v) is 21.9. The van der Waals surface area contributed by atoms with Crippen LogP contribution in [0.25, 0.3) is 0 Å². The minimum atomic E-state index is -1.14. The van der Waals surface area contributed by atoms with E-state index in [1.165, 1.54) is 33.7 Å². The molecule has 4 N–H and O–H groups in total. The van der Waals surface area contributed by atoms with Gasteiger partial charge in [-0.1, -0.05) is 16.5 Å². The molecule has 1 aliphatic carbocycles. The summed E-state index contributed by atoms with van der Waals surface area (Å²) in [5.41, 5.74) is 9.85. The fourth-order valence-electron chi connectivity index (χ4n) is 4.57. The minimum Gasteiger partial charge on any atom is -0.477 e. The van der Waals surface area contributed by atoms with Gasteiger partial charge in [0.25, 0.3) is 11.8 Å². The first kappa shape index (κ1) is 24.7. The average molecular weight is 550 g/mol. The first-order valence-corrected chi connectivity index (χ1v) is 14.3. The largest absolute Gasteiger partial charge is 0.477 e. The maximum absolute atomic E-state index is 13.1. The number of thioether (sulfide) groups is 1. The molecule has 0 unspecified atom stereocenters. The molecule has 1 fully saturated rings. The summed E-state index contributed by atoms with van der Waals surface area (Å²) in [6.07, 6.45) is 4.34. The number of rotatable bonds is 8. The standard InChI is InChI=1S/C22H24N6O5S3/c1-2-33-26-15(12-9-35-22(23)24-12)18(29)25-16-19(30)28-17(21(31)32)11(8-34-20(16)28)7-27-10-36-14-6-4-3-5-13(14)27/h9-10,16,20H,2-8H2,1H3,(H3-,23,24,25,29,31,32)/p+1/b26-15-/t16-,20-/m1/s1. The number of carboxylic acids is 1. The maximum Gasteiger partial charge on any atom is 0.352 e. The highest BCUT2D eigenvalue weighted by Gasteiger charge is 2.55. The molecule has 2 aromatic rings. The third-order valence-corrected chi connectivity index (χ3v) is 9.32. The first-order chi connectivity index (χ1) is 17.4. The van der Waals surface area contributed by atoms with Crippen LogP contribution >= 0.6 is 34.4 Å². The number of oxime groups is 1. The lowest BCUT2D eigenvalue weighted by molar-refractivity contribution is -0.692. The molecule has 0 aromatic carbocycles. The molecule has 0 bridgehead atoms. The second-order valence-corrected chi connectivity index (χ2v) is 11.4. The Bertz CT molecular complexity index is 1280. The molecule has 2 atom stereocenters. The Hall–Kier alpha value is -2.97. The third kappa shape index (κ3) is 4.48.